The van der Waals surface area contributed by atoms with Gasteiger partial charge in [0, 0.05) is 0 Å². The van der Waals surface area contributed by atoms with Gasteiger partial charge < -0.3 is 10.8 Å². The second-order valence-corrected chi connectivity index (χ2v) is 5.21. The van der Waals surface area contributed by atoms with E-state index in [0.717, 1.165) is 24.3 Å². The van der Waals surface area contributed by atoms with Gasteiger partial charge in [0.1, 0.15) is 11.9 Å². The lowest BCUT2D eigenvalue weighted by atomic mass is 10.3. The van der Waals surface area contributed by atoms with Crippen molar-refractivity contribution < 1.29 is 22.7 Å². The van der Waals surface area contributed by atoms with Crippen molar-refractivity contribution in [3.8, 4) is 0 Å². The molecule has 0 spiro atoms. The first-order chi connectivity index (χ1) is 7.33. The van der Waals surface area contributed by atoms with Gasteiger partial charge in [0.05, 0.1) is 10.6 Å². The number of nitrogens with two attached hydrogens (primary N) is 1. The summed E-state index contributed by atoms with van der Waals surface area (Å²) in [6.07, 6.45) is 0. The molecule has 1 aromatic carbocycles. The Morgan fingerprint density at radius 2 is 1.88 bits per heavy atom. The van der Waals surface area contributed by atoms with E-state index in [9.17, 15) is 17.6 Å². The first-order valence-corrected chi connectivity index (χ1v) is 5.95. The Morgan fingerprint density at radius 1 is 1.38 bits per heavy atom. The summed E-state index contributed by atoms with van der Waals surface area (Å²) in [6.45, 7) is 0. The standard InChI is InChI=1S/C9H10FNO4S/c10-6-1-3-7(4-2-6)16(14,15)5-8(11)9(12)13/h1-4,8H,5,11H2,(H,12,13)/t8-/m1/s1. The number of halogens is 1. The largest absolute Gasteiger partial charge is 0.480 e. The van der Waals surface area contributed by atoms with Gasteiger partial charge in [-0.15, -0.1) is 0 Å². The molecule has 0 saturated carbocycles. The van der Waals surface area contributed by atoms with Crippen LogP contribution in [0.1, 0.15) is 0 Å². The minimum Gasteiger partial charge on any atom is -0.480 e. The van der Waals surface area contributed by atoms with Crippen LogP contribution in [-0.4, -0.2) is 31.3 Å². The van der Waals surface area contributed by atoms with Gasteiger partial charge in [0.15, 0.2) is 9.84 Å². The summed E-state index contributed by atoms with van der Waals surface area (Å²) in [5, 5.41) is 8.49. The number of carboxylic acids is 1. The van der Waals surface area contributed by atoms with Gasteiger partial charge in [-0.1, -0.05) is 0 Å². The highest BCUT2D eigenvalue weighted by Crippen LogP contribution is 2.12. The zero-order valence-corrected chi connectivity index (χ0v) is 8.95. The highest BCUT2D eigenvalue weighted by atomic mass is 32.2. The fourth-order valence-electron chi connectivity index (χ4n) is 1.05. The van der Waals surface area contributed by atoms with E-state index in [1.807, 2.05) is 0 Å². The molecule has 0 aromatic heterocycles. The van der Waals surface area contributed by atoms with Crippen molar-refractivity contribution in [2.45, 2.75) is 10.9 Å². The number of aliphatic carboxylic acids is 1. The summed E-state index contributed by atoms with van der Waals surface area (Å²) in [7, 11) is -3.79. The van der Waals surface area contributed by atoms with Gasteiger partial charge in [-0.05, 0) is 24.3 Å². The molecule has 0 aliphatic heterocycles. The molecule has 0 amide bonds. The molecule has 0 radical (unpaired) electrons. The molecule has 16 heavy (non-hydrogen) atoms. The molecule has 0 aliphatic carbocycles. The predicted molar refractivity (Wildman–Crippen MR) is 54.1 cm³/mol. The fraction of sp³-hybridized carbons (Fsp3) is 0.222. The number of hydrogen-bond acceptors (Lipinski definition) is 4. The van der Waals surface area contributed by atoms with Crippen LogP contribution >= 0.6 is 0 Å². The van der Waals surface area contributed by atoms with Gasteiger partial charge in [-0.25, -0.2) is 12.8 Å². The molecule has 0 bridgehead atoms. The Hall–Kier alpha value is -1.47. The van der Waals surface area contributed by atoms with E-state index in [1.165, 1.54) is 0 Å². The lowest BCUT2D eigenvalue weighted by Gasteiger charge is -2.07. The van der Waals surface area contributed by atoms with E-state index in [2.05, 4.69) is 0 Å². The van der Waals surface area contributed by atoms with Crippen molar-refractivity contribution in [3.63, 3.8) is 0 Å². The van der Waals surface area contributed by atoms with Crippen LogP contribution in [0, 0.1) is 5.82 Å². The molecule has 1 aromatic rings. The molecule has 0 aliphatic rings. The molecule has 88 valence electrons. The Kier molecular flexibility index (Phi) is 3.61. The van der Waals surface area contributed by atoms with Crippen molar-refractivity contribution in [2.24, 2.45) is 5.73 Å². The van der Waals surface area contributed by atoms with Crippen molar-refractivity contribution in [1.82, 2.24) is 0 Å². The second kappa shape index (κ2) is 4.58. The minimum atomic E-state index is -3.79. The van der Waals surface area contributed by atoms with Gasteiger partial charge in [-0.3, -0.25) is 4.79 Å². The van der Waals surface area contributed by atoms with Crippen LogP contribution < -0.4 is 5.73 Å². The highest BCUT2D eigenvalue weighted by Gasteiger charge is 2.23. The third-order valence-electron chi connectivity index (χ3n) is 1.89. The Bertz CT molecular complexity index is 483. The molecular formula is C9H10FNO4S. The normalized spacial score (nSPS) is 13.4. The average Bonchev–Trinajstić information content (AvgIpc) is 2.17. The molecule has 0 unspecified atom stereocenters. The van der Waals surface area contributed by atoms with Crippen LogP contribution in [0.3, 0.4) is 0 Å². The number of sulfone groups is 1. The molecule has 0 fully saturated rings. The van der Waals surface area contributed by atoms with E-state index < -0.39 is 33.4 Å². The van der Waals surface area contributed by atoms with E-state index >= 15 is 0 Å². The summed E-state index contributed by atoms with van der Waals surface area (Å²) in [4.78, 5) is 10.3. The third-order valence-corrected chi connectivity index (χ3v) is 3.68. The van der Waals surface area contributed by atoms with Crippen LogP contribution in [0.2, 0.25) is 0 Å². The van der Waals surface area contributed by atoms with Crippen molar-refractivity contribution >= 4 is 15.8 Å². The second-order valence-electron chi connectivity index (χ2n) is 3.18. The van der Waals surface area contributed by atoms with Crippen molar-refractivity contribution in [2.75, 3.05) is 5.75 Å². The summed E-state index contributed by atoms with van der Waals surface area (Å²) < 4.78 is 35.7. The Labute approximate surface area is 91.6 Å². The van der Waals surface area contributed by atoms with Gasteiger partial charge in [0.25, 0.3) is 0 Å². The van der Waals surface area contributed by atoms with Crippen molar-refractivity contribution in [3.05, 3.63) is 30.1 Å². The quantitative estimate of drug-likeness (QED) is 0.730. The molecule has 1 rings (SSSR count). The molecular weight excluding hydrogens is 237 g/mol. The lowest BCUT2D eigenvalue weighted by molar-refractivity contribution is -0.137. The summed E-state index contributed by atoms with van der Waals surface area (Å²) in [5.74, 6) is -2.68. The van der Waals surface area contributed by atoms with Crippen LogP contribution in [0.5, 0.6) is 0 Å². The third kappa shape index (κ3) is 3.01. The van der Waals surface area contributed by atoms with Gasteiger partial charge in [-0.2, -0.15) is 0 Å². The zero-order chi connectivity index (χ0) is 12.3. The number of rotatable bonds is 4. The topological polar surface area (TPSA) is 97.5 Å². The van der Waals surface area contributed by atoms with Crippen molar-refractivity contribution in [1.29, 1.82) is 0 Å². The molecule has 5 nitrogen and oxygen atoms in total. The monoisotopic (exact) mass is 247 g/mol. The minimum absolute atomic E-state index is 0.148. The SMILES string of the molecule is N[C@H](CS(=O)(=O)c1ccc(F)cc1)C(=O)O. The van der Waals surface area contributed by atoms with Crippen LogP contribution in [-0.2, 0) is 14.6 Å². The van der Waals surface area contributed by atoms with Crippen LogP contribution in [0.4, 0.5) is 4.39 Å². The number of carbonyl (C=O) groups is 1. The number of carboxylic acid groups (broad SMARTS) is 1. The van der Waals surface area contributed by atoms with Gasteiger partial charge in [0.2, 0.25) is 0 Å². The Morgan fingerprint density at radius 3 is 2.31 bits per heavy atom. The van der Waals surface area contributed by atoms with Crippen LogP contribution in [0.15, 0.2) is 29.2 Å². The van der Waals surface area contributed by atoms with E-state index in [1.54, 1.807) is 0 Å². The predicted octanol–water partition coefficient (Wildman–Crippen LogP) is 0.0113. The molecule has 3 N–H and O–H groups in total. The average molecular weight is 247 g/mol. The number of benzene rings is 1. The van der Waals surface area contributed by atoms with E-state index in [-0.39, 0.29) is 4.90 Å². The maximum absolute atomic E-state index is 12.6. The van der Waals surface area contributed by atoms with E-state index in [4.69, 9.17) is 10.8 Å². The summed E-state index contributed by atoms with van der Waals surface area (Å²) in [6, 6.07) is 2.62. The smallest absolute Gasteiger partial charge is 0.321 e. The molecule has 7 heteroatoms. The number of hydrogen-bond donors (Lipinski definition) is 2. The summed E-state index contributed by atoms with van der Waals surface area (Å²) in [5.41, 5.74) is 5.12. The maximum atomic E-state index is 12.6. The molecule has 0 heterocycles. The first-order valence-electron chi connectivity index (χ1n) is 4.29. The molecule has 1 atom stereocenters. The van der Waals surface area contributed by atoms with Gasteiger partial charge >= 0.3 is 5.97 Å². The lowest BCUT2D eigenvalue weighted by Crippen LogP contribution is -2.37. The maximum Gasteiger partial charge on any atom is 0.321 e. The van der Waals surface area contributed by atoms with E-state index in [0.29, 0.717) is 0 Å². The first kappa shape index (κ1) is 12.6. The molecule has 0 saturated heterocycles. The zero-order valence-electron chi connectivity index (χ0n) is 8.13. The fourth-order valence-corrected chi connectivity index (χ4v) is 2.40. The highest BCUT2D eigenvalue weighted by molar-refractivity contribution is 7.91. The Balaban J connectivity index is 2.94. The summed E-state index contributed by atoms with van der Waals surface area (Å²) >= 11 is 0. The van der Waals surface area contributed by atoms with Crippen LogP contribution in [0.25, 0.3) is 0 Å².